The number of halogens is 1. The first-order valence-corrected chi connectivity index (χ1v) is 7.97. The zero-order valence-corrected chi connectivity index (χ0v) is 13.4. The molecule has 0 aliphatic carbocycles. The quantitative estimate of drug-likeness (QED) is 0.882. The highest BCUT2D eigenvalue weighted by Gasteiger charge is 2.18. The van der Waals surface area contributed by atoms with Crippen LogP contribution in [0.15, 0.2) is 36.7 Å². The molecule has 1 fully saturated rings. The fourth-order valence-electron chi connectivity index (χ4n) is 2.54. The number of benzene rings is 1. The molecule has 2 unspecified atom stereocenters. The molecule has 0 radical (unpaired) electrons. The first-order valence-electron chi connectivity index (χ1n) is 7.97. The predicted molar refractivity (Wildman–Crippen MR) is 86.3 cm³/mol. The van der Waals surface area contributed by atoms with Crippen LogP contribution in [-0.4, -0.2) is 34.5 Å². The zero-order chi connectivity index (χ0) is 16.9. The molecule has 1 aliphatic heterocycles. The van der Waals surface area contributed by atoms with Gasteiger partial charge in [-0.3, -0.25) is 9.48 Å². The largest absolute Gasteiger partial charge is 0.481 e. The number of nitrogens with zero attached hydrogens (tertiary/aromatic N) is 2. The van der Waals surface area contributed by atoms with E-state index in [-0.39, 0.29) is 17.8 Å². The summed E-state index contributed by atoms with van der Waals surface area (Å²) in [6.45, 7) is 3.11. The van der Waals surface area contributed by atoms with Crippen LogP contribution in [-0.2, 0) is 16.1 Å². The van der Waals surface area contributed by atoms with Crippen LogP contribution in [0.25, 0.3) is 0 Å². The highest BCUT2D eigenvalue weighted by atomic mass is 19.1. The Balaban J connectivity index is 1.52. The Hall–Kier alpha value is -2.41. The molecule has 1 aliphatic rings. The molecule has 7 heteroatoms. The van der Waals surface area contributed by atoms with E-state index in [1.165, 1.54) is 24.3 Å². The average molecular weight is 333 g/mol. The van der Waals surface area contributed by atoms with Crippen molar-refractivity contribution in [3.05, 3.63) is 42.5 Å². The molecule has 0 saturated carbocycles. The molecule has 2 heterocycles. The number of amides is 1. The van der Waals surface area contributed by atoms with E-state index < -0.39 is 6.10 Å². The van der Waals surface area contributed by atoms with Crippen molar-refractivity contribution in [2.75, 3.05) is 11.9 Å². The molecule has 24 heavy (non-hydrogen) atoms. The smallest absolute Gasteiger partial charge is 0.265 e. The normalized spacial score (nSPS) is 18.3. The molecule has 2 atom stereocenters. The highest BCUT2D eigenvalue weighted by Crippen LogP contribution is 2.16. The Kier molecular flexibility index (Phi) is 5.10. The van der Waals surface area contributed by atoms with Gasteiger partial charge in [0.05, 0.1) is 24.5 Å². The monoisotopic (exact) mass is 333 g/mol. The molecule has 0 spiro atoms. The Labute approximate surface area is 139 Å². The van der Waals surface area contributed by atoms with Crippen LogP contribution in [0.2, 0.25) is 0 Å². The summed E-state index contributed by atoms with van der Waals surface area (Å²) in [5.74, 6) is -0.206. The molecule has 1 aromatic heterocycles. The van der Waals surface area contributed by atoms with Gasteiger partial charge in [0.25, 0.3) is 5.91 Å². The maximum Gasteiger partial charge on any atom is 0.265 e. The van der Waals surface area contributed by atoms with Gasteiger partial charge in [-0.15, -0.1) is 0 Å². The highest BCUT2D eigenvalue weighted by molar-refractivity contribution is 5.93. The standard InChI is InChI=1S/C17H20FN3O3/c1-12(24-15-6-4-13(18)5-7-15)17(22)20-14-9-19-21(10-14)11-16-3-2-8-23-16/h4-7,9-10,12,16H,2-3,8,11H2,1H3,(H,20,22). The second-order valence-electron chi connectivity index (χ2n) is 5.79. The van der Waals surface area contributed by atoms with Gasteiger partial charge in [-0.25, -0.2) is 4.39 Å². The van der Waals surface area contributed by atoms with Crippen LogP contribution < -0.4 is 10.1 Å². The van der Waals surface area contributed by atoms with Gasteiger partial charge >= 0.3 is 0 Å². The van der Waals surface area contributed by atoms with Gasteiger partial charge in [-0.1, -0.05) is 0 Å². The summed E-state index contributed by atoms with van der Waals surface area (Å²) in [6.07, 6.45) is 4.95. The molecule has 1 aromatic carbocycles. The van der Waals surface area contributed by atoms with Crippen molar-refractivity contribution in [3.63, 3.8) is 0 Å². The van der Waals surface area contributed by atoms with Gasteiger partial charge in [0.2, 0.25) is 0 Å². The number of anilines is 1. The summed E-state index contributed by atoms with van der Waals surface area (Å²) in [5, 5.41) is 6.98. The van der Waals surface area contributed by atoms with Gasteiger partial charge in [-0.2, -0.15) is 5.10 Å². The van der Waals surface area contributed by atoms with Crippen LogP contribution in [0.1, 0.15) is 19.8 Å². The third-order valence-corrected chi connectivity index (χ3v) is 3.81. The van der Waals surface area contributed by atoms with Gasteiger partial charge in [0, 0.05) is 12.8 Å². The van der Waals surface area contributed by atoms with Crippen LogP contribution >= 0.6 is 0 Å². The van der Waals surface area contributed by atoms with E-state index in [1.54, 1.807) is 24.0 Å². The van der Waals surface area contributed by atoms with Crippen molar-refractivity contribution in [1.82, 2.24) is 9.78 Å². The van der Waals surface area contributed by atoms with Gasteiger partial charge in [0.1, 0.15) is 11.6 Å². The van der Waals surface area contributed by atoms with E-state index >= 15 is 0 Å². The lowest BCUT2D eigenvalue weighted by Crippen LogP contribution is -2.30. The van der Waals surface area contributed by atoms with Crippen molar-refractivity contribution < 1.29 is 18.7 Å². The molecular weight excluding hydrogens is 313 g/mol. The topological polar surface area (TPSA) is 65.4 Å². The van der Waals surface area contributed by atoms with E-state index in [1.807, 2.05) is 0 Å². The van der Waals surface area contributed by atoms with Gasteiger partial charge in [0.15, 0.2) is 6.10 Å². The van der Waals surface area contributed by atoms with Crippen LogP contribution in [0.3, 0.4) is 0 Å². The molecule has 2 aromatic rings. The van der Waals surface area contributed by atoms with Crippen LogP contribution in [0.4, 0.5) is 10.1 Å². The van der Waals surface area contributed by atoms with E-state index in [4.69, 9.17) is 9.47 Å². The summed E-state index contributed by atoms with van der Waals surface area (Å²) in [4.78, 5) is 12.2. The van der Waals surface area contributed by atoms with Crippen LogP contribution in [0, 0.1) is 5.82 Å². The maximum absolute atomic E-state index is 12.9. The average Bonchev–Trinajstić information content (AvgIpc) is 3.22. The Bertz CT molecular complexity index is 681. The third-order valence-electron chi connectivity index (χ3n) is 3.81. The number of carbonyl (C=O) groups excluding carboxylic acids is 1. The molecular formula is C17H20FN3O3. The lowest BCUT2D eigenvalue weighted by atomic mass is 10.2. The fraction of sp³-hybridized carbons (Fsp3) is 0.412. The summed E-state index contributed by atoms with van der Waals surface area (Å²) in [7, 11) is 0. The van der Waals surface area contributed by atoms with E-state index in [0.717, 1.165) is 19.4 Å². The summed E-state index contributed by atoms with van der Waals surface area (Å²) < 4.78 is 25.7. The number of hydrogen-bond acceptors (Lipinski definition) is 4. The Morgan fingerprint density at radius 3 is 3.00 bits per heavy atom. The summed E-state index contributed by atoms with van der Waals surface area (Å²) in [5.41, 5.74) is 0.604. The number of carbonyl (C=O) groups is 1. The van der Waals surface area contributed by atoms with Crippen molar-refractivity contribution in [3.8, 4) is 5.75 Å². The minimum Gasteiger partial charge on any atom is -0.481 e. The summed E-state index contributed by atoms with van der Waals surface area (Å²) in [6, 6.07) is 5.54. The fourth-order valence-corrected chi connectivity index (χ4v) is 2.54. The van der Waals surface area contributed by atoms with Gasteiger partial charge < -0.3 is 14.8 Å². The Morgan fingerprint density at radius 1 is 1.50 bits per heavy atom. The third kappa shape index (κ3) is 4.32. The maximum atomic E-state index is 12.9. The molecule has 1 N–H and O–H groups in total. The van der Waals surface area contributed by atoms with E-state index in [2.05, 4.69) is 10.4 Å². The minimum atomic E-state index is -0.711. The lowest BCUT2D eigenvalue weighted by molar-refractivity contribution is -0.122. The first-order chi connectivity index (χ1) is 11.6. The van der Waals surface area contributed by atoms with E-state index in [0.29, 0.717) is 18.0 Å². The van der Waals surface area contributed by atoms with Crippen LogP contribution in [0.5, 0.6) is 5.75 Å². The molecule has 128 valence electrons. The lowest BCUT2D eigenvalue weighted by Gasteiger charge is -2.14. The second kappa shape index (κ2) is 7.44. The minimum absolute atomic E-state index is 0.189. The number of hydrogen-bond donors (Lipinski definition) is 1. The molecule has 0 bridgehead atoms. The molecule has 1 amide bonds. The van der Waals surface area contributed by atoms with Gasteiger partial charge in [-0.05, 0) is 44.0 Å². The van der Waals surface area contributed by atoms with Crippen molar-refractivity contribution in [2.24, 2.45) is 0 Å². The zero-order valence-electron chi connectivity index (χ0n) is 13.4. The molecule has 3 rings (SSSR count). The first kappa shape index (κ1) is 16.4. The Morgan fingerprint density at radius 2 is 2.29 bits per heavy atom. The van der Waals surface area contributed by atoms with Crippen molar-refractivity contribution in [1.29, 1.82) is 0 Å². The number of rotatable bonds is 6. The number of ether oxygens (including phenoxy) is 2. The molecule has 1 saturated heterocycles. The SMILES string of the molecule is CC(Oc1ccc(F)cc1)C(=O)Nc1cnn(CC2CCCO2)c1. The van der Waals surface area contributed by atoms with Crippen molar-refractivity contribution >= 4 is 11.6 Å². The number of nitrogens with one attached hydrogen (secondary N) is 1. The van der Waals surface area contributed by atoms with E-state index in [9.17, 15) is 9.18 Å². The number of aromatic nitrogens is 2. The summed E-state index contributed by atoms with van der Waals surface area (Å²) >= 11 is 0. The van der Waals surface area contributed by atoms with Crippen molar-refractivity contribution in [2.45, 2.75) is 38.5 Å². The predicted octanol–water partition coefficient (Wildman–Crippen LogP) is 2.61. The molecule has 6 nitrogen and oxygen atoms in total. The second-order valence-corrected chi connectivity index (χ2v) is 5.79.